The average molecular weight is 336 g/mol. The molecular formula is C21H24N2O2. The molecule has 1 aliphatic rings. The van der Waals surface area contributed by atoms with Gasteiger partial charge in [-0.05, 0) is 56.5 Å². The third-order valence-electron chi connectivity index (χ3n) is 4.86. The topological polar surface area (TPSA) is 58.2 Å². The highest BCUT2D eigenvalue weighted by molar-refractivity contribution is 6.15. The maximum absolute atomic E-state index is 12.9. The number of ketones is 1. The van der Waals surface area contributed by atoms with Crippen molar-refractivity contribution >= 4 is 11.7 Å². The third kappa shape index (κ3) is 3.97. The quantitative estimate of drug-likeness (QED) is 0.825. The van der Waals surface area contributed by atoms with Gasteiger partial charge in [-0.15, -0.1) is 0 Å². The van der Waals surface area contributed by atoms with E-state index >= 15 is 0 Å². The van der Waals surface area contributed by atoms with Crippen LogP contribution in [0.15, 0.2) is 42.5 Å². The molecule has 2 aromatic carbocycles. The maximum Gasteiger partial charge on any atom is 0.252 e. The smallest absolute Gasteiger partial charge is 0.252 e. The minimum atomic E-state index is -0.193. The van der Waals surface area contributed by atoms with Gasteiger partial charge in [-0.1, -0.05) is 30.3 Å². The Balaban J connectivity index is 1.80. The third-order valence-corrected chi connectivity index (χ3v) is 4.86. The molecule has 130 valence electrons. The molecule has 25 heavy (non-hydrogen) atoms. The lowest BCUT2D eigenvalue weighted by molar-refractivity contribution is 0.0939. The van der Waals surface area contributed by atoms with Gasteiger partial charge >= 0.3 is 0 Å². The molecule has 1 unspecified atom stereocenters. The normalized spacial score (nSPS) is 16.6. The van der Waals surface area contributed by atoms with E-state index in [4.69, 9.17) is 0 Å². The second-order valence-electron chi connectivity index (χ2n) is 6.68. The summed E-state index contributed by atoms with van der Waals surface area (Å²) in [5.74, 6) is -0.311. The first-order valence-electron chi connectivity index (χ1n) is 8.79. The maximum atomic E-state index is 12.9. The van der Waals surface area contributed by atoms with E-state index in [-0.39, 0.29) is 11.7 Å². The van der Waals surface area contributed by atoms with E-state index in [2.05, 4.69) is 10.6 Å². The molecule has 1 aliphatic heterocycles. The molecule has 3 rings (SSSR count). The standard InChI is InChI=1S/C21H24N2O2/c1-14-9-10-16(12-15(14)2)20(24)18-7-3-4-8-19(18)21(25)23-13-17-6-5-11-22-17/h3-4,7-10,12,17,22H,5-6,11,13H2,1-2H3,(H,23,25). The summed E-state index contributed by atoms with van der Waals surface area (Å²) in [6, 6.07) is 13.0. The van der Waals surface area contributed by atoms with Crippen molar-refractivity contribution < 1.29 is 9.59 Å². The number of rotatable bonds is 5. The number of amides is 1. The monoisotopic (exact) mass is 336 g/mol. The van der Waals surface area contributed by atoms with Crippen molar-refractivity contribution in [3.63, 3.8) is 0 Å². The van der Waals surface area contributed by atoms with Gasteiger partial charge < -0.3 is 10.6 Å². The molecule has 1 fully saturated rings. The molecule has 0 aliphatic carbocycles. The van der Waals surface area contributed by atoms with Gasteiger partial charge in [-0.2, -0.15) is 0 Å². The Labute approximate surface area is 148 Å². The summed E-state index contributed by atoms with van der Waals surface area (Å²) >= 11 is 0. The van der Waals surface area contributed by atoms with Gasteiger partial charge in [0.1, 0.15) is 0 Å². The van der Waals surface area contributed by atoms with Crippen molar-refractivity contribution in [3.8, 4) is 0 Å². The highest BCUT2D eigenvalue weighted by atomic mass is 16.2. The summed E-state index contributed by atoms with van der Waals surface area (Å²) in [6.45, 7) is 5.59. The lowest BCUT2D eigenvalue weighted by Crippen LogP contribution is -2.37. The van der Waals surface area contributed by atoms with Crippen LogP contribution in [-0.4, -0.2) is 30.8 Å². The van der Waals surface area contributed by atoms with E-state index in [0.29, 0.717) is 29.3 Å². The zero-order chi connectivity index (χ0) is 17.8. The number of hydrogen-bond donors (Lipinski definition) is 2. The number of carbonyl (C=O) groups is 2. The van der Waals surface area contributed by atoms with Crippen LogP contribution >= 0.6 is 0 Å². The SMILES string of the molecule is Cc1ccc(C(=O)c2ccccc2C(=O)NCC2CCCN2)cc1C. The minimum Gasteiger partial charge on any atom is -0.350 e. The van der Waals surface area contributed by atoms with Crippen LogP contribution in [-0.2, 0) is 0 Å². The molecule has 2 N–H and O–H groups in total. The average Bonchev–Trinajstić information content (AvgIpc) is 3.15. The molecule has 0 radical (unpaired) electrons. The van der Waals surface area contributed by atoms with Crippen molar-refractivity contribution in [1.82, 2.24) is 10.6 Å². The van der Waals surface area contributed by atoms with Gasteiger partial charge in [-0.25, -0.2) is 0 Å². The van der Waals surface area contributed by atoms with Gasteiger partial charge in [-0.3, -0.25) is 9.59 Å². The van der Waals surface area contributed by atoms with Crippen LogP contribution in [0.5, 0.6) is 0 Å². The Hall–Kier alpha value is -2.46. The highest BCUT2D eigenvalue weighted by Crippen LogP contribution is 2.17. The fraction of sp³-hybridized carbons (Fsp3) is 0.333. The summed E-state index contributed by atoms with van der Waals surface area (Å²) in [5, 5.41) is 6.31. The number of carbonyl (C=O) groups excluding carboxylic acids is 2. The van der Waals surface area contributed by atoms with Crippen LogP contribution in [0.2, 0.25) is 0 Å². The highest BCUT2D eigenvalue weighted by Gasteiger charge is 2.20. The van der Waals surface area contributed by atoms with Crippen LogP contribution in [0.1, 0.15) is 50.2 Å². The Bertz CT molecular complexity index is 792. The molecular weight excluding hydrogens is 312 g/mol. The van der Waals surface area contributed by atoms with Gasteiger partial charge in [0, 0.05) is 23.7 Å². The molecule has 4 nitrogen and oxygen atoms in total. The number of hydrogen-bond acceptors (Lipinski definition) is 3. The lowest BCUT2D eigenvalue weighted by atomic mass is 9.95. The second-order valence-corrected chi connectivity index (χ2v) is 6.68. The van der Waals surface area contributed by atoms with Crippen molar-refractivity contribution in [3.05, 3.63) is 70.3 Å². The largest absolute Gasteiger partial charge is 0.350 e. The van der Waals surface area contributed by atoms with Crippen LogP contribution < -0.4 is 10.6 Å². The van der Waals surface area contributed by atoms with Gasteiger partial charge in [0.05, 0.1) is 5.56 Å². The first kappa shape index (κ1) is 17.4. The fourth-order valence-electron chi connectivity index (χ4n) is 3.16. The van der Waals surface area contributed by atoms with Crippen molar-refractivity contribution in [2.45, 2.75) is 32.7 Å². The zero-order valence-corrected chi connectivity index (χ0v) is 14.8. The molecule has 1 amide bonds. The first-order valence-corrected chi connectivity index (χ1v) is 8.79. The molecule has 0 saturated carbocycles. The first-order chi connectivity index (χ1) is 12.1. The van der Waals surface area contributed by atoms with Crippen LogP contribution in [0.4, 0.5) is 0 Å². The van der Waals surface area contributed by atoms with E-state index in [1.165, 1.54) is 0 Å². The van der Waals surface area contributed by atoms with E-state index in [1.807, 2.05) is 32.0 Å². The second kappa shape index (κ2) is 7.62. The van der Waals surface area contributed by atoms with Crippen molar-refractivity contribution in [2.24, 2.45) is 0 Å². The molecule has 0 bridgehead atoms. The summed E-state index contributed by atoms with van der Waals surface area (Å²) < 4.78 is 0. The predicted molar refractivity (Wildman–Crippen MR) is 99.1 cm³/mol. The van der Waals surface area contributed by atoms with Crippen molar-refractivity contribution in [2.75, 3.05) is 13.1 Å². The number of benzene rings is 2. The van der Waals surface area contributed by atoms with E-state index in [0.717, 1.165) is 30.5 Å². The van der Waals surface area contributed by atoms with Gasteiger partial charge in [0.25, 0.3) is 5.91 Å². The van der Waals surface area contributed by atoms with Crippen molar-refractivity contribution in [1.29, 1.82) is 0 Å². The van der Waals surface area contributed by atoms with Crippen LogP contribution in [0.25, 0.3) is 0 Å². The Kier molecular flexibility index (Phi) is 5.29. The number of nitrogens with one attached hydrogen (secondary N) is 2. The summed E-state index contributed by atoms with van der Waals surface area (Å²) in [7, 11) is 0. The number of aryl methyl sites for hydroxylation is 2. The Morgan fingerprint density at radius 1 is 1.08 bits per heavy atom. The summed E-state index contributed by atoms with van der Waals surface area (Å²) in [6.07, 6.45) is 2.21. The molecule has 2 aromatic rings. The molecule has 4 heteroatoms. The van der Waals surface area contributed by atoms with Crippen LogP contribution in [0.3, 0.4) is 0 Å². The summed E-state index contributed by atoms with van der Waals surface area (Å²) in [4.78, 5) is 25.5. The molecule has 1 saturated heterocycles. The lowest BCUT2D eigenvalue weighted by Gasteiger charge is -2.13. The van der Waals surface area contributed by atoms with Crippen LogP contribution in [0, 0.1) is 13.8 Å². The molecule has 1 heterocycles. The molecule has 0 aromatic heterocycles. The Morgan fingerprint density at radius 3 is 2.52 bits per heavy atom. The predicted octanol–water partition coefficient (Wildman–Crippen LogP) is 3.02. The molecule has 0 spiro atoms. The summed E-state index contributed by atoms with van der Waals surface area (Å²) in [5.41, 5.74) is 3.71. The van der Waals surface area contributed by atoms with E-state index in [1.54, 1.807) is 24.3 Å². The van der Waals surface area contributed by atoms with Gasteiger partial charge in [0.15, 0.2) is 5.78 Å². The minimum absolute atomic E-state index is 0.118. The Morgan fingerprint density at radius 2 is 1.84 bits per heavy atom. The van der Waals surface area contributed by atoms with Gasteiger partial charge in [0.2, 0.25) is 0 Å². The fourth-order valence-corrected chi connectivity index (χ4v) is 3.16. The zero-order valence-electron chi connectivity index (χ0n) is 14.8. The van der Waals surface area contributed by atoms with E-state index in [9.17, 15) is 9.59 Å². The molecule has 1 atom stereocenters. The van der Waals surface area contributed by atoms with E-state index < -0.39 is 0 Å².